The van der Waals surface area contributed by atoms with Crippen molar-refractivity contribution < 1.29 is 44.1 Å². The molecule has 2 amide bonds. The number of aliphatic carboxylic acids is 2. The van der Waals surface area contributed by atoms with Gasteiger partial charge in [0.2, 0.25) is 11.8 Å². The van der Waals surface area contributed by atoms with Gasteiger partial charge in [-0.1, -0.05) is 6.92 Å². The monoisotopic (exact) mass is 410 g/mol. The third-order valence-electron chi connectivity index (χ3n) is 2.51. The van der Waals surface area contributed by atoms with E-state index in [1.807, 2.05) is 0 Å². The van der Waals surface area contributed by atoms with Crippen molar-refractivity contribution in [3.05, 3.63) is 0 Å². The molecule has 0 aliphatic carbocycles. The highest BCUT2D eigenvalue weighted by Gasteiger charge is 2.20. The van der Waals surface area contributed by atoms with Gasteiger partial charge in [-0.2, -0.15) is 0 Å². The van der Waals surface area contributed by atoms with Gasteiger partial charge in [-0.3, -0.25) is 24.0 Å². The van der Waals surface area contributed by atoms with Crippen LogP contribution in [0.25, 0.3) is 0 Å². The molecule has 0 saturated carbocycles. The van der Waals surface area contributed by atoms with E-state index < -0.39 is 29.8 Å². The maximum Gasteiger partial charge on any atom is 0.303 e. The maximum absolute atomic E-state index is 11.6. The van der Waals surface area contributed by atoms with Gasteiger partial charge in [-0.25, -0.2) is 5.90 Å². The minimum Gasteiger partial charge on any atom is -0.481 e. The summed E-state index contributed by atoms with van der Waals surface area (Å²) in [6.45, 7) is 1.46. The largest absolute Gasteiger partial charge is 0.481 e. The molecular weight excluding hydrogens is 380 g/mol. The van der Waals surface area contributed by atoms with Crippen LogP contribution in [0.15, 0.2) is 0 Å². The van der Waals surface area contributed by atoms with E-state index in [0.29, 0.717) is 6.29 Å². The van der Waals surface area contributed by atoms with Gasteiger partial charge in [0.05, 0.1) is 13.2 Å². The summed E-state index contributed by atoms with van der Waals surface area (Å²) in [6, 6.07) is -0.909. The summed E-state index contributed by atoms with van der Waals surface area (Å²) >= 11 is 0. The molecule has 0 rings (SSSR count). The van der Waals surface area contributed by atoms with E-state index in [1.165, 1.54) is 0 Å². The maximum atomic E-state index is 11.6. The lowest BCUT2D eigenvalue weighted by molar-refractivity contribution is -0.138. The number of aliphatic hydroxyl groups is 1. The Bertz CT molecular complexity index is 461. The molecule has 0 heterocycles. The quantitative estimate of drug-likeness (QED) is 0.129. The smallest absolute Gasteiger partial charge is 0.303 e. The molecule has 28 heavy (non-hydrogen) atoms. The highest BCUT2D eigenvalue weighted by atomic mass is 16.6. The van der Waals surface area contributed by atoms with Crippen LogP contribution in [0.1, 0.15) is 26.2 Å². The van der Waals surface area contributed by atoms with Crippen LogP contribution in [0.2, 0.25) is 0 Å². The van der Waals surface area contributed by atoms with Gasteiger partial charge < -0.3 is 36.1 Å². The fourth-order valence-corrected chi connectivity index (χ4v) is 1.28. The van der Waals surface area contributed by atoms with Gasteiger partial charge in [0.1, 0.15) is 18.9 Å². The summed E-state index contributed by atoms with van der Waals surface area (Å²) in [5.74, 6) is 1.72. The summed E-state index contributed by atoms with van der Waals surface area (Å²) in [5.41, 5.74) is 0. The fraction of sp³-hybridized carbons (Fsp3) is 0.667. The van der Waals surface area contributed by atoms with Gasteiger partial charge in [-0.05, 0) is 13.5 Å². The zero-order valence-corrected chi connectivity index (χ0v) is 16.0. The lowest BCUT2D eigenvalue weighted by atomic mass is 10.1. The van der Waals surface area contributed by atoms with Crippen LogP contribution >= 0.6 is 0 Å². The van der Waals surface area contributed by atoms with Gasteiger partial charge >= 0.3 is 11.9 Å². The number of carbonyl (C=O) groups excluding carboxylic acids is 3. The molecule has 13 nitrogen and oxygen atoms in total. The SMILES string of the molecule is CCC(=O)O.CNCC(=O)NC(CCC(=O)O)C(=O)NCCO.NOCC=O. The predicted molar refractivity (Wildman–Crippen MR) is 97.0 cm³/mol. The Labute approximate surface area is 162 Å². The Kier molecular flexibility index (Phi) is 24.1. The second-order valence-corrected chi connectivity index (χ2v) is 4.84. The van der Waals surface area contributed by atoms with E-state index in [1.54, 1.807) is 14.0 Å². The van der Waals surface area contributed by atoms with E-state index in [2.05, 4.69) is 26.7 Å². The average Bonchev–Trinajstić information content (AvgIpc) is 2.64. The van der Waals surface area contributed by atoms with E-state index in [-0.39, 0.29) is 45.6 Å². The zero-order valence-electron chi connectivity index (χ0n) is 16.0. The second kappa shape index (κ2) is 22.4. The first-order chi connectivity index (χ1) is 13.2. The number of carboxylic acid groups (broad SMARTS) is 2. The van der Waals surface area contributed by atoms with Crippen molar-refractivity contribution >= 4 is 30.0 Å². The zero-order chi connectivity index (χ0) is 22.4. The minimum absolute atomic E-state index is 0.00203. The van der Waals surface area contributed by atoms with Crippen molar-refractivity contribution in [1.29, 1.82) is 0 Å². The molecule has 13 heteroatoms. The third kappa shape index (κ3) is 25.6. The minimum atomic E-state index is -1.04. The van der Waals surface area contributed by atoms with Gasteiger partial charge in [0.25, 0.3) is 0 Å². The van der Waals surface area contributed by atoms with E-state index in [0.717, 1.165) is 0 Å². The average molecular weight is 410 g/mol. The third-order valence-corrected chi connectivity index (χ3v) is 2.51. The summed E-state index contributed by atoms with van der Waals surface area (Å²) in [4.78, 5) is 55.8. The van der Waals surface area contributed by atoms with Gasteiger partial charge in [-0.15, -0.1) is 0 Å². The Hall–Kier alpha value is -2.61. The van der Waals surface area contributed by atoms with Crippen molar-refractivity contribution in [3.8, 4) is 0 Å². The number of amides is 2. The number of carboxylic acids is 2. The van der Waals surface area contributed by atoms with Crippen LogP contribution in [0, 0.1) is 0 Å². The Balaban J connectivity index is -0.000000512. The second-order valence-electron chi connectivity index (χ2n) is 4.84. The normalized spacial score (nSPS) is 10.1. The number of hydrogen-bond donors (Lipinski definition) is 7. The van der Waals surface area contributed by atoms with Crippen LogP contribution in [0.4, 0.5) is 0 Å². The van der Waals surface area contributed by atoms with Crippen LogP contribution in [0.5, 0.6) is 0 Å². The molecule has 0 fully saturated rings. The van der Waals surface area contributed by atoms with E-state index in [4.69, 9.17) is 15.3 Å². The van der Waals surface area contributed by atoms with Crippen LogP contribution < -0.4 is 21.8 Å². The summed E-state index contributed by atoms with van der Waals surface area (Å²) in [7, 11) is 1.58. The molecule has 164 valence electrons. The lowest BCUT2D eigenvalue weighted by Gasteiger charge is -2.17. The Morgan fingerprint density at radius 3 is 2.07 bits per heavy atom. The first-order valence-corrected chi connectivity index (χ1v) is 8.21. The predicted octanol–water partition coefficient (Wildman–Crippen LogP) is -2.78. The van der Waals surface area contributed by atoms with Gasteiger partial charge in [0, 0.05) is 19.4 Å². The molecule has 0 aliphatic rings. The van der Waals surface area contributed by atoms with Crippen molar-refractivity contribution in [2.75, 3.05) is 33.4 Å². The van der Waals surface area contributed by atoms with E-state index >= 15 is 0 Å². The van der Waals surface area contributed by atoms with Crippen molar-refractivity contribution in [2.45, 2.75) is 32.2 Å². The number of aliphatic hydroxyl groups excluding tert-OH is 1. The molecule has 0 aromatic carbocycles. The van der Waals surface area contributed by atoms with Crippen LogP contribution in [0.3, 0.4) is 0 Å². The fourth-order valence-electron chi connectivity index (χ4n) is 1.28. The van der Waals surface area contributed by atoms with Gasteiger partial charge in [0.15, 0.2) is 0 Å². The number of aldehydes is 1. The highest BCUT2D eigenvalue weighted by molar-refractivity contribution is 5.88. The first kappa shape index (κ1) is 30.1. The molecule has 0 aromatic rings. The standard InChI is InChI=1S/C10H19N3O5.C3H6O2.C2H5NO2/c1-11-6-8(15)13-7(2-3-9(16)17)10(18)12-4-5-14;1-2-3(4)5;3-5-2-1-4/h7,11,14H,2-6H2,1H3,(H,12,18)(H,13,15)(H,16,17);2H2,1H3,(H,4,5);1H,2-3H2. The molecule has 1 atom stereocenters. The first-order valence-electron chi connectivity index (χ1n) is 8.21. The van der Waals surface area contributed by atoms with Crippen molar-refractivity contribution in [1.82, 2.24) is 16.0 Å². The molecule has 8 N–H and O–H groups in total. The van der Waals surface area contributed by atoms with Crippen LogP contribution in [-0.2, 0) is 28.8 Å². The summed E-state index contributed by atoms with van der Waals surface area (Å²) in [5, 5.41) is 32.3. The molecule has 0 bridgehead atoms. The number of likely N-dealkylation sites (N-methyl/N-ethyl adjacent to an activating group) is 1. The number of carbonyl (C=O) groups is 5. The lowest BCUT2D eigenvalue weighted by Crippen LogP contribution is -2.49. The Morgan fingerprint density at radius 2 is 1.75 bits per heavy atom. The molecule has 0 radical (unpaired) electrons. The molecular formula is C15H30N4O9. The molecule has 0 aromatic heterocycles. The number of nitrogens with two attached hydrogens (primary N) is 1. The molecule has 0 spiro atoms. The number of nitrogens with one attached hydrogen (secondary N) is 3. The topological polar surface area (TPSA) is 217 Å². The number of rotatable bonds is 12. The van der Waals surface area contributed by atoms with Crippen LogP contribution in [-0.4, -0.2) is 84.8 Å². The summed E-state index contributed by atoms with van der Waals surface area (Å²) < 4.78 is 0. The molecule has 1 unspecified atom stereocenters. The summed E-state index contributed by atoms with van der Waals surface area (Å²) in [6.07, 6.45) is 0.582. The van der Waals surface area contributed by atoms with Crippen molar-refractivity contribution in [2.24, 2.45) is 5.90 Å². The van der Waals surface area contributed by atoms with E-state index in [9.17, 15) is 24.0 Å². The van der Waals surface area contributed by atoms with Crippen molar-refractivity contribution in [3.63, 3.8) is 0 Å². The molecule has 0 aliphatic heterocycles. The highest BCUT2D eigenvalue weighted by Crippen LogP contribution is 1.98. The number of hydrogen-bond acceptors (Lipinski definition) is 9. The Morgan fingerprint density at radius 1 is 1.18 bits per heavy atom. The molecule has 0 saturated heterocycles.